The number of carbonyl (C=O) groups is 2. The maximum absolute atomic E-state index is 12.8. The van der Waals surface area contributed by atoms with Crippen LogP contribution in [0, 0.1) is 0 Å². The van der Waals surface area contributed by atoms with E-state index in [0.29, 0.717) is 17.9 Å². The van der Waals surface area contributed by atoms with E-state index in [1.165, 1.54) is 0 Å². The van der Waals surface area contributed by atoms with Crippen LogP contribution in [-0.4, -0.2) is 31.7 Å². The van der Waals surface area contributed by atoms with Gasteiger partial charge >= 0.3 is 6.09 Å². The summed E-state index contributed by atoms with van der Waals surface area (Å²) in [6.07, 6.45) is 6.36. The molecule has 0 spiro atoms. The van der Waals surface area contributed by atoms with Crippen LogP contribution < -0.4 is 20.1 Å². The lowest BCUT2D eigenvalue weighted by molar-refractivity contribution is 0.0934. The molecule has 0 aliphatic carbocycles. The summed E-state index contributed by atoms with van der Waals surface area (Å²) >= 11 is 0. The molecule has 0 aromatic heterocycles. The molecule has 2 N–H and O–H groups in total. The Hall–Kier alpha value is -3.02. The van der Waals surface area contributed by atoms with Gasteiger partial charge in [-0.1, -0.05) is 51.7 Å². The number of hydrogen-bond donors (Lipinski definition) is 2. The Morgan fingerprint density at radius 2 is 1.69 bits per heavy atom. The largest absolute Gasteiger partial charge is 0.497 e. The van der Waals surface area contributed by atoms with E-state index >= 15 is 0 Å². The molecule has 0 heterocycles. The Morgan fingerprint density at radius 3 is 2.38 bits per heavy atom. The van der Waals surface area contributed by atoms with E-state index in [2.05, 4.69) is 24.5 Å². The third-order valence-corrected chi connectivity index (χ3v) is 5.23. The topological polar surface area (TPSA) is 76.7 Å². The predicted molar refractivity (Wildman–Crippen MR) is 127 cm³/mol. The fourth-order valence-electron chi connectivity index (χ4n) is 3.41. The summed E-state index contributed by atoms with van der Waals surface area (Å²) in [6.45, 7) is 4.85. The lowest BCUT2D eigenvalue weighted by Gasteiger charge is -2.19. The first-order valence-electron chi connectivity index (χ1n) is 11.5. The van der Waals surface area contributed by atoms with Crippen molar-refractivity contribution in [2.45, 2.75) is 64.8 Å². The Kier molecular flexibility index (Phi) is 11.1. The van der Waals surface area contributed by atoms with Gasteiger partial charge in [-0.15, -0.1) is 0 Å². The molecule has 1 atom stereocenters. The fourth-order valence-corrected chi connectivity index (χ4v) is 3.41. The minimum absolute atomic E-state index is 0.0272. The highest BCUT2D eigenvalue weighted by Crippen LogP contribution is 2.17. The number of rotatable bonds is 13. The number of carbonyl (C=O) groups excluding carboxylic acids is 2. The van der Waals surface area contributed by atoms with Crippen LogP contribution in [0.3, 0.4) is 0 Å². The van der Waals surface area contributed by atoms with Crippen LogP contribution in [-0.2, 0) is 6.42 Å². The van der Waals surface area contributed by atoms with E-state index in [-0.39, 0.29) is 11.9 Å². The van der Waals surface area contributed by atoms with Crippen molar-refractivity contribution in [1.29, 1.82) is 0 Å². The van der Waals surface area contributed by atoms with E-state index in [1.807, 2.05) is 24.3 Å². The highest BCUT2D eigenvalue weighted by molar-refractivity contribution is 5.94. The van der Waals surface area contributed by atoms with Gasteiger partial charge < -0.3 is 20.1 Å². The zero-order valence-corrected chi connectivity index (χ0v) is 19.5. The van der Waals surface area contributed by atoms with Crippen LogP contribution in [0.4, 0.5) is 4.79 Å². The normalized spacial score (nSPS) is 11.5. The second kappa shape index (κ2) is 14.1. The number of ether oxygens (including phenoxy) is 2. The molecule has 0 bridgehead atoms. The highest BCUT2D eigenvalue weighted by atomic mass is 16.6. The molecule has 0 fully saturated rings. The first-order valence-corrected chi connectivity index (χ1v) is 11.5. The Balaban J connectivity index is 1.93. The molecule has 0 radical (unpaired) electrons. The number of methoxy groups -OCH3 is 1. The molecule has 32 heavy (non-hydrogen) atoms. The van der Waals surface area contributed by atoms with Crippen molar-refractivity contribution in [2.75, 3.05) is 13.7 Å². The van der Waals surface area contributed by atoms with Crippen molar-refractivity contribution in [3.05, 3.63) is 59.7 Å². The SMILES string of the molecule is CCCCCNC(=O)Oc1ccc(C(=O)N[C@@H](CCCC)Cc2cccc(OC)c2)cc1. The van der Waals surface area contributed by atoms with E-state index in [4.69, 9.17) is 9.47 Å². The van der Waals surface area contributed by atoms with Gasteiger partial charge in [-0.3, -0.25) is 4.79 Å². The second-order valence-electron chi connectivity index (χ2n) is 7.92. The molecular formula is C26H36N2O4. The third-order valence-electron chi connectivity index (χ3n) is 5.23. The summed E-state index contributed by atoms with van der Waals surface area (Å²) < 4.78 is 10.6. The molecule has 2 rings (SSSR count). The Labute approximate surface area is 191 Å². The molecule has 2 aromatic carbocycles. The van der Waals surface area contributed by atoms with Gasteiger partial charge in [0.1, 0.15) is 11.5 Å². The summed E-state index contributed by atoms with van der Waals surface area (Å²) in [4.78, 5) is 24.7. The number of hydrogen-bond acceptors (Lipinski definition) is 4. The van der Waals surface area contributed by atoms with Crippen molar-refractivity contribution >= 4 is 12.0 Å². The van der Waals surface area contributed by atoms with Crippen LogP contribution in [0.2, 0.25) is 0 Å². The molecule has 0 saturated carbocycles. The fraction of sp³-hybridized carbons (Fsp3) is 0.462. The van der Waals surface area contributed by atoms with Gasteiger partial charge in [0.05, 0.1) is 7.11 Å². The van der Waals surface area contributed by atoms with Gasteiger partial charge in [-0.05, 0) is 61.2 Å². The van der Waals surface area contributed by atoms with Gasteiger partial charge in [0.2, 0.25) is 0 Å². The minimum atomic E-state index is -0.476. The first kappa shape index (κ1) is 25.2. The van der Waals surface area contributed by atoms with Gasteiger partial charge in [0.25, 0.3) is 5.91 Å². The van der Waals surface area contributed by atoms with E-state index in [1.54, 1.807) is 31.4 Å². The molecular weight excluding hydrogens is 404 g/mol. The maximum atomic E-state index is 12.8. The molecule has 2 amide bonds. The molecule has 0 aliphatic rings. The minimum Gasteiger partial charge on any atom is -0.497 e. The van der Waals surface area contributed by atoms with Crippen molar-refractivity contribution < 1.29 is 19.1 Å². The number of unbranched alkanes of at least 4 members (excludes halogenated alkanes) is 3. The Bertz CT molecular complexity index is 836. The molecule has 6 heteroatoms. The average Bonchev–Trinajstić information content (AvgIpc) is 2.81. The summed E-state index contributed by atoms with van der Waals surface area (Å²) in [5, 5.41) is 5.89. The summed E-state index contributed by atoms with van der Waals surface area (Å²) in [6, 6.07) is 14.6. The zero-order chi connectivity index (χ0) is 23.2. The third kappa shape index (κ3) is 9.00. The zero-order valence-electron chi connectivity index (χ0n) is 19.5. The Morgan fingerprint density at radius 1 is 0.938 bits per heavy atom. The smallest absolute Gasteiger partial charge is 0.412 e. The van der Waals surface area contributed by atoms with Gasteiger partial charge in [0.15, 0.2) is 0 Å². The lowest BCUT2D eigenvalue weighted by Crippen LogP contribution is -2.36. The van der Waals surface area contributed by atoms with Crippen molar-refractivity contribution in [2.24, 2.45) is 0 Å². The van der Waals surface area contributed by atoms with Crippen molar-refractivity contribution in [1.82, 2.24) is 10.6 Å². The monoisotopic (exact) mass is 440 g/mol. The number of benzene rings is 2. The quantitative estimate of drug-likeness (QED) is 0.403. The van der Waals surface area contributed by atoms with Crippen LogP contribution in [0.1, 0.15) is 68.3 Å². The summed E-state index contributed by atoms with van der Waals surface area (Å²) in [5.74, 6) is 1.09. The molecule has 0 saturated heterocycles. The molecule has 0 unspecified atom stereocenters. The van der Waals surface area contributed by atoms with Crippen molar-refractivity contribution in [3.63, 3.8) is 0 Å². The van der Waals surface area contributed by atoms with E-state index in [0.717, 1.165) is 56.3 Å². The average molecular weight is 441 g/mol. The molecule has 6 nitrogen and oxygen atoms in total. The standard InChI is InChI=1S/C26H36N2O4/c1-4-6-8-17-27-26(30)32-23-15-13-21(14-16-23)25(29)28-22(11-7-5-2)18-20-10-9-12-24(19-20)31-3/h9-10,12-16,19,22H,4-8,11,17-18H2,1-3H3,(H,27,30)(H,28,29)/t22-/m0/s1. The van der Waals surface area contributed by atoms with Gasteiger partial charge in [0, 0.05) is 18.2 Å². The van der Waals surface area contributed by atoms with Crippen LogP contribution in [0.15, 0.2) is 48.5 Å². The summed E-state index contributed by atoms with van der Waals surface area (Å²) in [5.41, 5.74) is 1.66. The number of nitrogens with one attached hydrogen (secondary N) is 2. The summed E-state index contributed by atoms with van der Waals surface area (Å²) in [7, 11) is 1.65. The molecule has 174 valence electrons. The maximum Gasteiger partial charge on any atom is 0.412 e. The molecule has 2 aromatic rings. The van der Waals surface area contributed by atoms with E-state index < -0.39 is 6.09 Å². The number of amides is 2. The van der Waals surface area contributed by atoms with Gasteiger partial charge in [-0.2, -0.15) is 0 Å². The lowest BCUT2D eigenvalue weighted by atomic mass is 10.00. The second-order valence-corrected chi connectivity index (χ2v) is 7.92. The predicted octanol–water partition coefficient (Wildman–Crippen LogP) is 5.51. The van der Waals surface area contributed by atoms with Crippen molar-refractivity contribution in [3.8, 4) is 11.5 Å². The first-order chi connectivity index (χ1) is 15.5. The van der Waals surface area contributed by atoms with Crippen LogP contribution >= 0.6 is 0 Å². The highest BCUT2D eigenvalue weighted by Gasteiger charge is 2.15. The van der Waals surface area contributed by atoms with Crippen LogP contribution in [0.25, 0.3) is 0 Å². The van der Waals surface area contributed by atoms with Crippen LogP contribution in [0.5, 0.6) is 11.5 Å². The molecule has 0 aliphatic heterocycles. The van der Waals surface area contributed by atoms with Gasteiger partial charge in [-0.25, -0.2) is 4.79 Å². The van der Waals surface area contributed by atoms with E-state index in [9.17, 15) is 9.59 Å².